The van der Waals surface area contributed by atoms with E-state index in [1.165, 1.54) is 18.0 Å². The molecule has 1 amide bonds. The number of nitrogens with zero attached hydrogens (tertiary/aromatic N) is 1. The predicted molar refractivity (Wildman–Crippen MR) is 88.2 cm³/mol. The number of hydrogen-bond acceptors (Lipinski definition) is 6. The van der Waals surface area contributed by atoms with Crippen LogP contribution in [0.25, 0.3) is 0 Å². The molecule has 0 fully saturated rings. The summed E-state index contributed by atoms with van der Waals surface area (Å²) in [5.74, 6) is -0.438. The standard InChI is InChI=1S/C13H16N2O3.C4H8O2/c1-10-7-14-13(17)15(12(10)16)9-18-8-11-5-3-2-4-6-11;1-3-6-4(2)5/h2-7,13-14,17H,8-9H2,1H3;3H2,1-2H3. The van der Waals surface area contributed by atoms with Crippen LogP contribution in [-0.4, -0.2) is 41.6 Å². The van der Waals surface area contributed by atoms with Crippen LogP contribution in [-0.2, 0) is 25.7 Å². The Kier molecular flexibility index (Phi) is 8.53. The van der Waals surface area contributed by atoms with E-state index in [9.17, 15) is 14.7 Å². The van der Waals surface area contributed by atoms with Crippen LogP contribution in [0.4, 0.5) is 0 Å². The molecule has 1 unspecified atom stereocenters. The predicted octanol–water partition coefficient (Wildman–Crippen LogP) is 1.34. The fourth-order valence-electron chi connectivity index (χ4n) is 1.86. The maximum Gasteiger partial charge on any atom is 0.302 e. The molecule has 1 aromatic rings. The molecule has 0 saturated carbocycles. The number of hydrogen-bond donors (Lipinski definition) is 2. The normalized spacial score (nSPS) is 16.5. The number of rotatable bonds is 5. The second-order valence-electron chi connectivity index (χ2n) is 5.03. The van der Waals surface area contributed by atoms with E-state index < -0.39 is 6.35 Å². The average molecular weight is 336 g/mol. The van der Waals surface area contributed by atoms with Crippen LogP contribution in [0.3, 0.4) is 0 Å². The fourth-order valence-corrected chi connectivity index (χ4v) is 1.86. The van der Waals surface area contributed by atoms with Gasteiger partial charge in [0.05, 0.1) is 13.2 Å². The zero-order valence-corrected chi connectivity index (χ0v) is 14.2. The molecule has 0 saturated heterocycles. The Bertz CT molecular complexity index is 559. The molecule has 2 N–H and O–H groups in total. The Labute approximate surface area is 141 Å². The van der Waals surface area contributed by atoms with Gasteiger partial charge >= 0.3 is 5.97 Å². The highest BCUT2D eigenvalue weighted by Crippen LogP contribution is 2.09. The van der Waals surface area contributed by atoms with Crippen molar-refractivity contribution in [1.82, 2.24) is 10.2 Å². The first kappa shape index (κ1) is 19.7. The number of ether oxygens (including phenoxy) is 2. The first-order valence-electron chi connectivity index (χ1n) is 7.62. The first-order valence-corrected chi connectivity index (χ1v) is 7.62. The van der Waals surface area contributed by atoms with Crippen LogP contribution >= 0.6 is 0 Å². The third-order valence-corrected chi connectivity index (χ3v) is 3.03. The van der Waals surface area contributed by atoms with Gasteiger partial charge in [0.2, 0.25) is 6.35 Å². The van der Waals surface area contributed by atoms with E-state index in [0.717, 1.165) is 5.56 Å². The highest BCUT2D eigenvalue weighted by atomic mass is 16.5. The van der Waals surface area contributed by atoms with Gasteiger partial charge < -0.3 is 19.9 Å². The van der Waals surface area contributed by atoms with Gasteiger partial charge in [-0.15, -0.1) is 0 Å². The number of nitrogens with one attached hydrogen (secondary N) is 1. The molecule has 0 aliphatic carbocycles. The Morgan fingerprint density at radius 3 is 2.54 bits per heavy atom. The highest BCUT2D eigenvalue weighted by molar-refractivity contribution is 5.93. The van der Waals surface area contributed by atoms with Crippen LogP contribution < -0.4 is 5.32 Å². The van der Waals surface area contributed by atoms with E-state index in [-0.39, 0.29) is 18.6 Å². The molecule has 0 bridgehead atoms. The average Bonchev–Trinajstić information content (AvgIpc) is 2.56. The summed E-state index contributed by atoms with van der Waals surface area (Å²) in [6.45, 7) is 5.79. The quantitative estimate of drug-likeness (QED) is 0.789. The van der Waals surface area contributed by atoms with E-state index in [4.69, 9.17) is 4.74 Å². The fraction of sp³-hybridized carbons (Fsp3) is 0.412. The van der Waals surface area contributed by atoms with Gasteiger partial charge in [0.15, 0.2) is 0 Å². The second kappa shape index (κ2) is 10.4. The summed E-state index contributed by atoms with van der Waals surface area (Å²) in [6, 6.07) is 9.66. The second-order valence-corrected chi connectivity index (χ2v) is 5.03. The van der Waals surface area contributed by atoms with E-state index >= 15 is 0 Å². The Balaban J connectivity index is 0.000000413. The molecular formula is C17H24N2O5. The lowest BCUT2D eigenvalue weighted by molar-refractivity contribution is -0.152. The van der Waals surface area contributed by atoms with Crippen molar-refractivity contribution in [3.63, 3.8) is 0 Å². The van der Waals surface area contributed by atoms with Crippen molar-refractivity contribution >= 4 is 11.9 Å². The summed E-state index contributed by atoms with van der Waals surface area (Å²) in [7, 11) is 0. The van der Waals surface area contributed by atoms with E-state index in [1.54, 1.807) is 13.8 Å². The smallest absolute Gasteiger partial charge is 0.302 e. The topological polar surface area (TPSA) is 88.1 Å². The molecule has 0 spiro atoms. The van der Waals surface area contributed by atoms with Gasteiger partial charge in [-0.25, -0.2) is 0 Å². The van der Waals surface area contributed by atoms with Crippen molar-refractivity contribution in [3.05, 3.63) is 47.7 Å². The number of esters is 1. The SMILES string of the molecule is CC1=CNC(O)N(COCc2ccccc2)C1=O.CCOC(C)=O. The zero-order valence-electron chi connectivity index (χ0n) is 14.2. The van der Waals surface area contributed by atoms with E-state index in [2.05, 4.69) is 10.1 Å². The first-order chi connectivity index (χ1) is 11.5. The molecule has 24 heavy (non-hydrogen) atoms. The van der Waals surface area contributed by atoms with Gasteiger partial charge in [-0.2, -0.15) is 0 Å². The molecule has 7 nitrogen and oxygen atoms in total. The van der Waals surface area contributed by atoms with Crippen LogP contribution in [0.5, 0.6) is 0 Å². The van der Waals surface area contributed by atoms with E-state index in [0.29, 0.717) is 18.8 Å². The molecule has 2 rings (SSSR count). The summed E-state index contributed by atoms with van der Waals surface area (Å²) < 4.78 is 9.83. The molecular weight excluding hydrogens is 312 g/mol. The van der Waals surface area contributed by atoms with Crippen LogP contribution in [0.2, 0.25) is 0 Å². The summed E-state index contributed by atoms with van der Waals surface area (Å²) in [4.78, 5) is 22.8. The summed E-state index contributed by atoms with van der Waals surface area (Å²) in [5.41, 5.74) is 1.57. The van der Waals surface area contributed by atoms with Gasteiger partial charge in [0.1, 0.15) is 6.73 Å². The number of amides is 1. The molecule has 7 heteroatoms. The third kappa shape index (κ3) is 6.80. The van der Waals surface area contributed by atoms with Crippen molar-refractivity contribution < 1.29 is 24.2 Å². The Hall–Kier alpha value is -2.38. The van der Waals surface area contributed by atoms with Crippen LogP contribution in [0.1, 0.15) is 26.3 Å². The maximum absolute atomic E-state index is 11.8. The third-order valence-electron chi connectivity index (χ3n) is 3.03. The number of carbonyl (C=O) groups excluding carboxylic acids is 2. The number of carbonyl (C=O) groups is 2. The van der Waals surface area contributed by atoms with Gasteiger partial charge in [-0.1, -0.05) is 30.3 Å². The minimum atomic E-state index is -1.03. The molecule has 1 aromatic carbocycles. The van der Waals surface area contributed by atoms with Gasteiger partial charge in [-0.3, -0.25) is 14.5 Å². The van der Waals surface area contributed by atoms with Gasteiger partial charge in [0, 0.05) is 18.7 Å². The lowest BCUT2D eigenvalue weighted by Crippen LogP contribution is -2.51. The molecule has 132 valence electrons. The highest BCUT2D eigenvalue weighted by Gasteiger charge is 2.25. The largest absolute Gasteiger partial charge is 0.466 e. The summed E-state index contributed by atoms with van der Waals surface area (Å²) >= 11 is 0. The molecule has 0 radical (unpaired) electrons. The van der Waals surface area contributed by atoms with Crippen LogP contribution in [0.15, 0.2) is 42.1 Å². The minimum Gasteiger partial charge on any atom is -0.466 e. The maximum atomic E-state index is 11.8. The molecule has 1 atom stereocenters. The summed E-state index contributed by atoms with van der Waals surface area (Å²) in [6.07, 6.45) is 0.470. The van der Waals surface area contributed by atoms with Gasteiger partial charge in [-0.05, 0) is 19.4 Å². The van der Waals surface area contributed by atoms with Crippen molar-refractivity contribution in [2.75, 3.05) is 13.3 Å². The molecule has 0 aromatic heterocycles. The lowest BCUT2D eigenvalue weighted by atomic mass is 10.2. The van der Waals surface area contributed by atoms with Crippen LogP contribution in [0, 0.1) is 0 Å². The van der Waals surface area contributed by atoms with Crippen molar-refractivity contribution in [2.24, 2.45) is 0 Å². The zero-order chi connectivity index (χ0) is 17.9. The Morgan fingerprint density at radius 1 is 1.33 bits per heavy atom. The van der Waals surface area contributed by atoms with Crippen molar-refractivity contribution in [2.45, 2.75) is 33.7 Å². The minimum absolute atomic E-state index is 0.0487. The molecule has 1 heterocycles. The summed E-state index contributed by atoms with van der Waals surface area (Å²) in [5, 5.41) is 12.3. The number of benzene rings is 1. The molecule has 1 aliphatic rings. The van der Waals surface area contributed by atoms with Gasteiger partial charge in [0.25, 0.3) is 5.91 Å². The lowest BCUT2D eigenvalue weighted by Gasteiger charge is -2.31. The number of aliphatic hydroxyl groups is 1. The van der Waals surface area contributed by atoms with Crippen molar-refractivity contribution in [1.29, 1.82) is 0 Å². The Morgan fingerprint density at radius 2 is 2.00 bits per heavy atom. The van der Waals surface area contributed by atoms with E-state index in [1.807, 2.05) is 30.3 Å². The van der Waals surface area contributed by atoms with Crippen molar-refractivity contribution in [3.8, 4) is 0 Å². The monoisotopic (exact) mass is 336 g/mol. The molecule has 1 aliphatic heterocycles. The number of aliphatic hydroxyl groups excluding tert-OH is 1.